The maximum atomic E-state index is 11.5. The van der Waals surface area contributed by atoms with Crippen LogP contribution in [0.25, 0.3) is 0 Å². The molecule has 0 saturated heterocycles. The molecule has 0 aliphatic rings. The van der Waals surface area contributed by atoms with Crippen LogP contribution >= 0.6 is 0 Å². The van der Waals surface area contributed by atoms with Gasteiger partial charge in [-0.25, -0.2) is 9.67 Å². The molecule has 5 nitrogen and oxygen atoms in total. The second-order valence-electron chi connectivity index (χ2n) is 3.32. The second-order valence-corrected chi connectivity index (χ2v) is 3.32. The van der Waals surface area contributed by atoms with E-state index in [-0.39, 0.29) is 11.9 Å². The van der Waals surface area contributed by atoms with Gasteiger partial charge in [0.25, 0.3) is 5.91 Å². The van der Waals surface area contributed by atoms with E-state index in [1.54, 1.807) is 18.8 Å². The molecule has 0 aliphatic carbocycles. The fourth-order valence-electron chi connectivity index (χ4n) is 0.981. The van der Waals surface area contributed by atoms with Crippen LogP contribution in [0, 0.1) is 0 Å². The smallest absolute Gasteiger partial charge is 0.290 e. The topological polar surface area (TPSA) is 51.0 Å². The number of carbonyl (C=O) groups excluding carboxylic acids is 1. The van der Waals surface area contributed by atoms with Crippen LogP contribution in [0.2, 0.25) is 0 Å². The van der Waals surface area contributed by atoms with Gasteiger partial charge in [-0.1, -0.05) is 0 Å². The van der Waals surface area contributed by atoms with Gasteiger partial charge in [-0.3, -0.25) is 4.79 Å². The van der Waals surface area contributed by atoms with Crippen LogP contribution in [0.1, 0.15) is 30.5 Å². The van der Waals surface area contributed by atoms with Crippen molar-refractivity contribution < 1.29 is 4.79 Å². The number of aromatic nitrogens is 3. The van der Waals surface area contributed by atoms with Crippen LogP contribution in [0.5, 0.6) is 0 Å². The zero-order valence-corrected chi connectivity index (χ0v) is 8.35. The maximum absolute atomic E-state index is 11.5. The summed E-state index contributed by atoms with van der Waals surface area (Å²) in [5, 5.41) is 3.98. The molecule has 0 N–H and O–H groups in total. The van der Waals surface area contributed by atoms with Crippen LogP contribution < -0.4 is 0 Å². The third kappa shape index (κ3) is 1.85. The van der Waals surface area contributed by atoms with Crippen LogP contribution in [-0.2, 0) is 0 Å². The summed E-state index contributed by atoms with van der Waals surface area (Å²) in [5.74, 6) is 0.270. The molecule has 13 heavy (non-hydrogen) atoms. The third-order valence-corrected chi connectivity index (χ3v) is 1.66. The molecule has 0 aromatic carbocycles. The molecule has 0 radical (unpaired) electrons. The second kappa shape index (κ2) is 3.55. The van der Waals surface area contributed by atoms with E-state index in [0.29, 0.717) is 5.82 Å². The lowest BCUT2D eigenvalue weighted by atomic mass is 10.4. The van der Waals surface area contributed by atoms with E-state index < -0.39 is 0 Å². The Balaban J connectivity index is 3.01. The Bertz CT molecular complexity index is 303. The highest BCUT2D eigenvalue weighted by Gasteiger charge is 2.16. The average molecular weight is 182 g/mol. The van der Waals surface area contributed by atoms with Gasteiger partial charge in [-0.05, 0) is 13.8 Å². The van der Waals surface area contributed by atoms with E-state index >= 15 is 0 Å². The zero-order chi connectivity index (χ0) is 10.0. The third-order valence-electron chi connectivity index (χ3n) is 1.66. The van der Waals surface area contributed by atoms with Gasteiger partial charge in [-0.15, -0.1) is 0 Å². The van der Waals surface area contributed by atoms with Gasteiger partial charge in [0.15, 0.2) is 0 Å². The molecule has 1 heterocycles. The summed E-state index contributed by atoms with van der Waals surface area (Å²) in [4.78, 5) is 16.9. The Labute approximate surface area is 77.4 Å². The van der Waals surface area contributed by atoms with Crippen LogP contribution in [-0.4, -0.2) is 39.7 Å². The van der Waals surface area contributed by atoms with Crippen molar-refractivity contribution in [3.05, 3.63) is 12.2 Å². The first-order valence-electron chi connectivity index (χ1n) is 4.15. The summed E-state index contributed by atoms with van der Waals surface area (Å²) in [6, 6.07) is 0.154. The minimum absolute atomic E-state index is 0.119. The van der Waals surface area contributed by atoms with Gasteiger partial charge in [0.05, 0.1) is 0 Å². The summed E-state index contributed by atoms with van der Waals surface area (Å²) in [6.07, 6.45) is 1.40. The van der Waals surface area contributed by atoms with Crippen LogP contribution in [0.15, 0.2) is 6.33 Å². The van der Waals surface area contributed by atoms with Crippen molar-refractivity contribution in [1.29, 1.82) is 0 Å². The van der Waals surface area contributed by atoms with Crippen molar-refractivity contribution in [3.63, 3.8) is 0 Å². The first-order valence-corrected chi connectivity index (χ1v) is 4.15. The average Bonchev–Trinajstić information content (AvgIpc) is 2.50. The Kier molecular flexibility index (Phi) is 2.65. The molecule has 1 aromatic heterocycles. The molecule has 0 fully saturated rings. The molecule has 5 heteroatoms. The van der Waals surface area contributed by atoms with E-state index in [9.17, 15) is 4.79 Å². The van der Waals surface area contributed by atoms with Gasteiger partial charge in [0.2, 0.25) is 5.82 Å². The predicted octanol–water partition coefficient (Wildman–Crippen LogP) is 0.561. The van der Waals surface area contributed by atoms with Gasteiger partial charge in [0, 0.05) is 20.1 Å². The summed E-state index contributed by atoms with van der Waals surface area (Å²) >= 11 is 0. The van der Waals surface area contributed by atoms with Crippen molar-refractivity contribution >= 4 is 5.91 Å². The molecule has 0 unspecified atom stereocenters. The van der Waals surface area contributed by atoms with Crippen LogP contribution in [0.3, 0.4) is 0 Å². The molecular formula is C8H14N4O. The lowest BCUT2D eigenvalue weighted by Crippen LogP contribution is -2.26. The van der Waals surface area contributed by atoms with E-state index in [2.05, 4.69) is 10.1 Å². The number of carbonyl (C=O) groups is 1. The zero-order valence-electron chi connectivity index (χ0n) is 8.35. The predicted molar refractivity (Wildman–Crippen MR) is 48.4 cm³/mol. The number of amides is 1. The lowest BCUT2D eigenvalue weighted by molar-refractivity contribution is 0.0807. The molecular weight excluding hydrogens is 168 g/mol. The minimum atomic E-state index is -0.119. The first-order chi connectivity index (χ1) is 6.04. The molecule has 72 valence electrons. The molecule has 1 amide bonds. The van der Waals surface area contributed by atoms with E-state index in [1.165, 1.54) is 11.2 Å². The maximum Gasteiger partial charge on any atom is 0.290 e. The summed E-state index contributed by atoms with van der Waals surface area (Å²) in [6.45, 7) is 3.92. The number of rotatable bonds is 2. The van der Waals surface area contributed by atoms with Crippen molar-refractivity contribution in [2.24, 2.45) is 0 Å². The molecule has 0 spiro atoms. The monoisotopic (exact) mass is 182 g/mol. The SMILES string of the molecule is CC(C)n1ncnc1C(=O)N(C)C. The summed E-state index contributed by atoms with van der Waals surface area (Å²) < 4.78 is 1.61. The quantitative estimate of drug-likeness (QED) is 0.671. The summed E-state index contributed by atoms with van der Waals surface area (Å²) in [5.41, 5.74) is 0. The highest BCUT2D eigenvalue weighted by Crippen LogP contribution is 2.06. The van der Waals surface area contributed by atoms with E-state index in [1.807, 2.05) is 13.8 Å². The van der Waals surface area contributed by atoms with Crippen molar-refractivity contribution in [2.75, 3.05) is 14.1 Å². The minimum Gasteiger partial charge on any atom is -0.342 e. The van der Waals surface area contributed by atoms with Gasteiger partial charge >= 0.3 is 0 Å². The molecule has 0 saturated carbocycles. The Morgan fingerprint density at radius 2 is 2.15 bits per heavy atom. The molecule has 0 bridgehead atoms. The number of hydrogen-bond donors (Lipinski definition) is 0. The standard InChI is InChI=1S/C8H14N4O/c1-6(2)12-7(9-5-10-12)8(13)11(3)4/h5-6H,1-4H3. The molecule has 1 aromatic rings. The molecule has 0 aliphatic heterocycles. The number of hydrogen-bond acceptors (Lipinski definition) is 3. The number of nitrogens with zero attached hydrogens (tertiary/aromatic N) is 4. The molecule has 1 rings (SSSR count). The Hall–Kier alpha value is -1.39. The molecule has 0 atom stereocenters. The Morgan fingerprint density at radius 3 is 2.62 bits per heavy atom. The van der Waals surface area contributed by atoms with E-state index in [0.717, 1.165) is 0 Å². The summed E-state index contributed by atoms with van der Waals surface area (Å²) in [7, 11) is 3.39. The van der Waals surface area contributed by atoms with Gasteiger partial charge in [0.1, 0.15) is 6.33 Å². The fraction of sp³-hybridized carbons (Fsp3) is 0.625. The normalized spacial score (nSPS) is 10.5. The Morgan fingerprint density at radius 1 is 1.54 bits per heavy atom. The highest BCUT2D eigenvalue weighted by molar-refractivity contribution is 5.90. The van der Waals surface area contributed by atoms with E-state index in [4.69, 9.17) is 0 Å². The van der Waals surface area contributed by atoms with Crippen molar-refractivity contribution in [2.45, 2.75) is 19.9 Å². The van der Waals surface area contributed by atoms with Crippen LogP contribution in [0.4, 0.5) is 0 Å². The first kappa shape index (κ1) is 9.70. The van der Waals surface area contributed by atoms with Crippen molar-refractivity contribution in [3.8, 4) is 0 Å². The fourth-order valence-corrected chi connectivity index (χ4v) is 0.981. The van der Waals surface area contributed by atoms with Gasteiger partial charge in [-0.2, -0.15) is 5.10 Å². The lowest BCUT2D eigenvalue weighted by Gasteiger charge is -2.12. The van der Waals surface area contributed by atoms with Crippen molar-refractivity contribution in [1.82, 2.24) is 19.7 Å². The highest BCUT2D eigenvalue weighted by atomic mass is 16.2. The largest absolute Gasteiger partial charge is 0.342 e. The van der Waals surface area contributed by atoms with Gasteiger partial charge < -0.3 is 4.90 Å².